The van der Waals surface area contributed by atoms with Gasteiger partial charge in [-0.2, -0.15) is 0 Å². The Kier molecular flexibility index (Phi) is 6.36. The van der Waals surface area contributed by atoms with Gasteiger partial charge in [-0.15, -0.1) is 0 Å². The van der Waals surface area contributed by atoms with E-state index in [0.717, 1.165) is 24.4 Å². The molecule has 6 heteroatoms. The van der Waals surface area contributed by atoms with E-state index in [1.54, 1.807) is 31.4 Å². The van der Waals surface area contributed by atoms with Crippen molar-refractivity contribution in [1.82, 2.24) is 10.2 Å². The fourth-order valence-electron chi connectivity index (χ4n) is 3.26. The van der Waals surface area contributed by atoms with Crippen LogP contribution in [0.1, 0.15) is 24.4 Å². The Morgan fingerprint density at radius 1 is 1.19 bits per heavy atom. The van der Waals surface area contributed by atoms with Crippen LogP contribution in [0.25, 0.3) is 0 Å². The number of nitrogens with one attached hydrogen (secondary N) is 2. The van der Waals surface area contributed by atoms with E-state index >= 15 is 0 Å². The summed E-state index contributed by atoms with van der Waals surface area (Å²) in [6.07, 6.45) is 2.38. The van der Waals surface area contributed by atoms with Crippen molar-refractivity contribution in [2.75, 3.05) is 32.1 Å². The molecule has 2 aromatic rings. The van der Waals surface area contributed by atoms with Crippen LogP contribution < -0.4 is 15.4 Å². The molecule has 1 saturated heterocycles. The van der Waals surface area contributed by atoms with Crippen LogP contribution in [-0.4, -0.2) is 37.7 Å². The van der Waals surface area contributed by atoms with Gasteiger partial charge < -0.3 is 15.4 Å². The molecule has 1 unspecified atom stereocenters. The van der Waals surface area contributed by atoms with Crippen LogP contribution in [0.5, 0.6) is 5.75 Å². The topological polar surface area (TPSA) is 53.6 Å². The van der Waals surface area contributed by atoms with Crippen LogP contribution in [0.4, 0.5) is 10.5 Å². The van der Waals surface area contributed by atoms with E-state index in [-0.39, 0.29) is 12.1 Å². The SMILES string of the molecule is COc1cccc(C(CNC(=O)Nc2ccc(Cl)cc2)N2CCCC2)c1. The number of rotatable bonds is 6. The third-order valence-electron chi connectivity index (χ3n) is 4.62. The molecule has 2 aromatic carbocycles. The lowest BCUT2D eigenvalue weighted by Crippen LogP contribution is -2.38. The standard InChI is InChI=1S/C20H24ClN3O2/c1-26-18-6-4-5-15(13-18)19(24-11-2-3-12-24)14-22-20(25)23-17-9-7-16(21)8-10-17/h4-10,13,19H,2-3,11-12,14H2,1H3,(H2,22,23,25). The van der Waals surface area contributed by atoms with Gasteiger partial charge in [-0.25, -0.2) is 4.79 Å². The van der Waals surface area contributed by atoms with Gasteiger partial charge >= 0.3 is 6.03 Å². The molecule has 0 spiro atoms. The number of benzene rings is 2. The Labute approximate surface area is 159 Å². The number of carbonyl (C=O) groups is 1. The molecular weight excluding hydrogens is 350 g/mol. The number of nitrogens with zero attached hydrogens (tertiary/aromatic N) is 1. The molecule has 138 valence electrons. The van der Waals surface area contributed by atoms with E-state index in [0.29, 0.717) is 17.3 Å². The first-order valence-corrected chi connectivity index (χ1v) is 9.22. The summed E-state index contributed by atoms with van der Waals surface area (Å²) in [7, 11) is 1.67. The lowest BCUT2D eigenvalue weighted by molar-refractivity contribution is 0.227. The molecule has 0 saturated carbocycles. The van der Waals surface area contributed by atoms with E-state index < -0.39 is 0 Å². The highest BCUT2D eigenvalue weighted by atomic mass is 35.5. The minimum atomic E-state index is -0.223. The van der Waals surface area contributed by atoms with E-state index in [2.05, 4.69) is 21.6 Å². The third-order valence-corrected chi connectivity index (χ3v) is 4.87. The first-order chi connectivity index (χ1) is 12.7. The summed E-state index contributed by atoms with van der Waals surface area (Å²) in [6.45, 7) is 2.62. The average molecular weight is 374 g/mol. The minimum Gasteiger partial charge on any atom is -0.497 e. The molecular formula is C20H24ClN3O2. The summed E-state index contributed by atoms with van der Waals surface area (Å²) in [6, 6.07) is 15.0. The Hall–Kier alpha value is -2.24. The van der Waals surface area contributed by atoms with Gasteiger partial charge in [0.1, 0.15) is 5.75 Å². The fraction of sp³-hybridized carbons (Fsp3) is 0.350. The number of likely N-dealkylation sites (tertiary alicyclic amines) is 1. The summed E-state index contributed by atoms with van der Waals surface area (Å²) < 4.78 is 5.35. The number of anilines is 1. The molecule has 2 N–H and O–H groups in total. The van der Waals surface area contributed by atoms with Crippen molar-refractivity contribution in [2.45, 2.75) is 18.9 Å². The van der Waals surface area contributed by atoms with Gasteiger partial charge in [0.25, 0.3) is 0 Å². The monoisotopic (exact) mass is 373 g/mol. The number of hydrogen-bond acceptors (Lipinski definition) is 3. The number of ether oxygens (including phenoxy) is 1. The van der Waals surface area contributed by atoms with Crippen molar-refractivity contribution in [3.8, 4) is 5.75 Å². The molecule has 1 heterocycles. The maximum Gasteiger partial charge on any atom is 0.319 e. The molecule has 0 bridgehead atoms. The smallest absolute Gasteiger partial charge is 0.319 e. The van der Waals surface area contributed by atoms with Gasteiger partial charge in [-0.1, -0.05) is 23.7 Å². The van der Waals surface area contributed by atoms with Crippen molar-refractivity contribution < 1.29 is 9.53 Å². The molecule has 0 aromatic heterocycles. The molecule has 0 radical (unpaired) electrons. The second-order valence-electron chi connectivity index (χ2n) is 6.38. The number of hydrogen-bond donors (Lipinski definition) is 2. The third kappa shape index (κ3) is 4.90. The Balaban J connectivity index is 1.65. The van der Waals surface area contributed by atoms with E-state index in [1.807, 2.05) is 18.2 Å². The summed E-state index contributed by atoms with van der Waals surface area (Å²) in [4.78, 5) is 14.7. The highest BCUT2D eigenvalue weighted by molar-refractivity contribution is 6.30. The molecule has 5 nitrogen and oxygen atoms in total. The zero-order valence-electron chi connectivity index (χ0n) is 14.9. The van der Waals surface area contributed by atoms with Crippen LogP contribution in [0.15, 0.2) is 48.5 Å². The largest absolute Gasteiger partial charge is 0.497 e. The van der Waals surface area contributed by atoms with Crippen molar-refractivity contribution in [1.29, 1.82) is 0 Å². The van der Waals surface area contributed by atoms with Gasteiger partial charge in [0.2, 0.25) is 0 Å². The Morgan fingerprint density at radius 3 is 2.62 bits per heavy atom. The van der Waals surface area contributed by atoms with E-state index in [1.165, 1.54) is 12.8 Å². The van der Waals surface area contributed by atoms with Gasteiger partial charge in [0.05, 0.1) is 13.2 Å². The number of carbonyl (C=O) groups excluding carboxylic acids is 1. The molecule has 1 atom stereocenters. The van der Waals surface area contributed by atoms with Crippen molar-refractivity contribution in [2.24, 2.45) is 0 Å². The minimum absolute atomic E-state index is 0.128. The molecule has 1 aliphatic rings. The summed E-state index contributed by atoms with van der Waals surface area (Å²) in [5.74, 6) is 0.831. The summed E-state index contributed by atoms with van der Waals surface area (Å²) in [5.41, 5.74) is 1.86. The van der Waals surface area contributed by atoms with E-state index in [9.17, 15) is 4.79 Å². The Bertz CT molecular complexity index is 730. The van der Waals surface area contributed by atoms with Crippen LogP contribution in [-0.2, 0) is 0 Å². The summed E-state index contributed by atoms with van der Waals surface area (Å²) in [5, 5.41) is 6.47. The normalized spacial score (nSPS) is 15.5. The predicted octanol–water partition coefficient (Wildman–Crippen LogP) is 4.31. The van der Waals surface area contributed by atoms with Gasteiger partial charge in [0.15, 0.2) is 0 Å². The molecule has 0 aliphatic carbocycles. The zero-order valence-corrected chi connectivity index (χ0v) is 15.6. The fourth-order valence-corrected chi connectivity index (χ4v) is 3.38. The molecule has 1 aliphatic heterocycles. The van der Waals surface area contributed by atoms with Gasteiger partial charge in [-0.3, -0.25) is 4.90 Å². The van der Waals surface area contributed by atoms with Gasteiger partial charge in [-0.05, 0) is 67.9 Å². The predicted molar refractivity (Wildman–Crippen MR) is 105 cm³/mol. The highest BCUT2D eigenvalue weighted by Gasteiger charge is 2.24. The highest BCUT2D eigenvalue weighted by Crippen LogP contribution is 2.27. The number of amides is 2. The molecule has 1 fully saturated rings. The first-order valence-electron chi connectivity index (χ1n) is 8.84. The van der Waals surface area contributed by atoms with Crippen molar-refractivity contribution >= 4 is 23.3 Å². The first kappa shape index (κ1) is 18.5. The number of halogens is 1. The maximum absolute atomic E-state index is 12.3. The van der Waals surface area contributed by atoms with Crippen molar-refractivity contribution in [3.63, 3.8) is 0 Å². The molecule has 3 rings (SSSR count). The van der Waals surface area contributed by atoms with Crippen molar-refractivity contribution in [3.05, 3.63) is 59.1 Å². The molecule has 2 amide bonds. The molecule has 26 heavy (non-hydrogen) atoms. The maximum atomic E-state index is 12.3. The second-order valence-corrected chi connectivity index (χ2v) is 6.81. The van der Waals surface area contributed by atoms with Crippen LogP contribution in [0.3, 0.4) is 0 Å². The second kappa shape index (κ2) is 8.92. The van der Waals surface area contributed by atoms with E-state index in [4.69, 9.17) is 16.3 Å². The van der Waals surface area contributed by atoms with Gasteiger partial charge in [0, 0.05) is 17.3 Å². The lowest BCUT2D eigenvalue weighted by atomic mass is 10.1. The van der Waals surface area contributed by atoms with Crippen LogP contribution in [0.2, 0.25) is 5.02 Å². The van der Waals surface area contributed by atoms with Crippen LogP contribution >= 0.6 is 11.6 Å². The van der Waals surface area contributed by atoms with Crippen LogP contribution in [0, 0.1) is 0 Å². The Morgan fingerprint density at radius 2 is 1.92 bits per heavy atom. The summed E-state index contributed by atoms with van der Waals surface area (Å²) >= 11 is 5.87. The number of urea groups is 1. The quantitative estimate of drug-likeness (QED) is 0.793. The number of methoxy groups -OCH3 is 1. The lowest BCUT2D eigenvalue weighted by Gasteiger charge is -2.28. The average Bonchev–Trinajstić information content (AvgIpc) is 3.18. The zero-order chi connectivity index (χ0) is 18.4.